The Labute approximate surface area is 118 Å². The van der Waals surface area contributed by atoms with Gasteiger partial charge in [0.15, 0.2) is 6.04 Å². The molecule has 3 nitrogen and oxygen atoms in total. The average Bonchev–Trinajstić information content (AvgIpc) is 2.82. The van der Waals surface area contributed by atoms with E-state index in [1.165, 1.54) is 0 Å². The first-order chi connectivity index (χ1) is 8.74. The second-order valence-electron chi connectivity index (χ2n) is 3.57. The lowest BCUT2D eigenvalue weighted by Gasteiger charge is -2.12. The summed E-state index contributed by atoms with van der Waals surface area (Å²) in [5, 5.41) is 14.4. The smallest absolute Gasteiger partial charge is 0.150 e. The van der Waals surface area contributed by atoms with E-state index in [0.717, 1.165) is 20.8 Å². The summed E-state index contributed by atoms with van der Waals surface area (Å²) in [6.07, 6.45) is 0. The van der Waals surface area contributed by atoms with Gasteiger partial charge in [0.25, 0.3) is 0 Å². The molecule has 1 aromatic carbocycles. The summed E-state index contributed by atoms with van der Waals surface area (Å²) >= 11 is 4.99. The molecular weight excluding hydrogens is 312 g/mol. The zero-order valence-corrected chi connectivity index (χ0v) is 12.1. The number of anilines is 1. The number of nitrogens with zero attached hydrogens (tertiary/aromatic N) is 1. The van der Waals surface area contributed by atoms with Crippen molar-refractivity contribution in [3.63, 3.8) is 0 Å². The van der Waals surface area contributed by atoms with Crippen LogP contribution in [0.4, 0.5) is 5.69 Å². The van der Waals surface area contributed by atoms with Gasteiger partial charge in [-0.15, -0.1) is 11.3 Å². The van der Waals surface area contributed by atoms with Crippen molar-refractivity contribution in [3.8, 4) is 11.8 Å². The van der Waals surface area contributed by atoms with E-state index in [0.29, 0.717) is 0 Å². The molecule has 1 aromatic heterocycles. The zero-order valence-electron chi connectivity index (χ0n) is 9.68. The van der Waals surface area contributed by atoms with Crippen LogP contribution >= 0.6 is 27.3 Å². The largest absolute Gasteiger partial charge is 0.497 e. The monoisotopic (exact) mass is 322 g/mol. The van der Waals surface area contributed by atoms with E-state index < -0.39 is 0 Å². The van der Waals surface area contributed by atoms with E-state index in [2.05, 4.69) is 27.3 Å². The minimum atomic E-state index is -0.369. The molecule has 1 N–H and O–H groups in total. The Morgan fingerprint density at radius 2 is 2.28 bits per heavy atom. The molecular formula is C13H11BrN2OS. The molecule has 1 unspecified atom stereocenters. The number of ether oxygens (including phenoxy) is 1. The lowest BCUT2D eigenvalue weighted by Crippen LogP contribution is -2.07. The maximum Gasteiger partial charge on any atom is 0.150 e. The zero-order chi connectivity index (χ0) is 13.0. The summed E-state index contributed by atoms with van der Waals surface area (Å²) in [5.41, 5.74) is 0.862. The number of methoxy groups -OCH3 is 1. The Hall–Kier alpha value is -1.51. The molecule has 0 aliphatic carbocycles. The summed E-state index contributed by atoms with van der Waals surface area (Å²) in [4.78, 5) is 0.973. The van der Waals surface area contributed by atoms with Gasteiger partial charge in [-0.3, -0.25) is 0 Å². The second-order valence-corrected chi connectivity index (χ2v) is 5.37. The van der Waals surface area contributed by atoms with Crippen molar-refractivity contribution in [2.75, 3.05) is 12.4 Å². The molecule has 18 heavy (non-hydrogen) atoms. The van der Waals surface area contributed by atoms with Crippen molar-refractivity contribution in [2.24, 2.45) is 0 Å². The second kappa shape index (κ2) is 5.89. The van der Waals surface area contributed by atoms with Gasteiger partial charge >= 0.3 is 0 Å². The van der Waals surface area contributed by atoms with Crippen LogP contribution in [0, 0.1) is 11.3 Å². The highest BCUT2D eigenvalue weighted by Gasteiger charge is 2.15. The summed E-state index contributed by atoms with van der Waals surface area (Å²) in [5.74, 6) is 0.766. The first-order valence-electron chi connectivity index (χ1n) is 5.27. The van der Waals surface area contributed by atoms with Gasteiger partial charge in [0.2, 0.25) is 0 Å². The van der Waals surface area contributed by atoms with Gasteiger partial charge in [-0.25, -0.2) is 0 Å². The van der Waals surface area contributed by atoms with E-state index in [4.69, 9.17) is 4.74 Å². The van der Waals surface area contributed by atoms with Crippen molar-refractivity contribution in [3.05, 3.63) is 45.1 Å². The van der Waals surface area contributed by atoms with Crippen molar-refractivity contribution in [1.82, 2.24) is 0 Å². The molecule has 1 heterocycles. The highest BCUT2D eigenvalue weighted by Crippen LogP contribution is 2.31. The van der Waals surface area contributed by atoms with Gasteiger partial charge in [-0.1, -0.05) is 6.07 Å². The quantitative estimate of drug-likeness (QED) is 0.917. The molecule has 2 aromatic rings. The number of nitrogens with one attached hydrogen (secondary N) is 1. The number of rotatable bonds is 4. The molecule has 0 saturated heterocycles. The van der Waals surface area contributed by atoms with Gasteiger partial charge < -0.3 is 10.1 Å². The number of benzene rings is 1. The van der Waals surface area contributed by atoms with E-state index >= 15 is 0 Å². The fourth-order valence-electron chi connectivity index (χ4n) is 1.55. The van der Waals surface area contributed by atoms with E-state index in [9.17, 15) is 5.26 Å². The number of nitriles is 1. The number of halogens is 1. The maximum atomic E-state index is 9.25. The third-order valence-electron chi connectivity index (χ3n) is 2.42. The molecule has 0 fully saturated rings. The molecule has 0 saturated carbocycles. The lowest BCUT2D eigenvalue weighted by molar-refractivity contribution is 0.415. The van der Waals surface area contributed by atoms with E-state index in [1.807, 2.05) is 35.7 Å². The van der Waals surface area contributed by atoms with Crippen LogP contribution in [0.5, 0.6) is 5.75 Å². The van der Waals surface area contributed by atoms with Gasteiger partial charge in [0.1, 0.15) is 5.75 Å². The summed E-state index contributed by atoms with van der Waals surface area (Å²) < 4.78 is 6.11. The summed E-state index contributed by atoms with van der Waals surface area (Å²) in [7, 11) is 1.62. The Morgan fingerprint density at radius 3 is 2.89 bits per heavy atom. The minimum absolute atomic E-state index is 0.369. The molecule has 0 aliphatic heterocycles. The Bertz CT molecular complexity index is 576. The third kappa shape index (κ3) is 2.84. The predicted molar refractivity (Wildman–Crippen MR) is 77.0 cm³/mol. The van der Waals surface area contributed by atoms with Gasteiger partial charge in [-0.2, -0.15) is 5.26 Å². The van der Waals surface area contributed by atoms with Gasteiger partial charge in [0.05, 0.1) is 18.1 Å². The van der Waals surface area contributed by atoms with Crippen LogP contribution in [0.2, 0.25) is 0 Å². The fraction of sp³-hybridized carbons (Fsp3) is 0.154. The highest BCUT2D eigenvalue weighted by molar-refractivity contribution is 9.10. The summed E-state index contributed by atoms with van der Waals surface area (Å²) in [6.45, 7) is 0. The van der Waals surface area contributed by atoms with Crippen molar-refractivity contribution in [2.45, 2.75) is 6.04 Å². The van der Waals surface area contributed by atoms with Crippen LogP contribution in [-0.2, 0) is 0 Å². The molecule has 2 rings (SSSR count). The van der Waals surface area contributed by atoms with Crippen molar-refractivity contribution < 1.29 is 4.74 Å². The van der Waals surface area contributed by atoms with Crippen molar-refractivity contribution in [1.29, 1.82) is 5.26 Å². The van der Waals surface area contributed by atoms with E-state index in [1.54, 1.807) is 18.4 Å². The molecule has 0 amide bonds. The number of hydrogen-bond acceptors (Lipinski definition) is 4. The Morgan fingerprint density at radius 1 is 1.44 bits per heavy atom. The summed E-state index contributed by atoms with van der Waals surface area (Å²) in [6, 6.07) is 11.4. The fourth-order valence-corrected chi connectivity index (χ4v) is 3.14. The normalized spacial score (nSPS) is 11.6. The first kappa shape index (κ1) is 12.9. The van der Waals surface area contributed by atoms with Gasteiger partial charge in [0, 0.05) is 16.2 Å². The first-order valence-corrected chi connectivity index (χ1v) is 6.95. The van der Waals surface area contributed by atoms with Crippen LogP contribution in [0.15, 0.2) is 40.2 Å². The van der Waals surface area contributed by atoms with Crippen molar-refractivity contribution >= 4 is 33.0 Å². The number of thiophene rings is 1. The maximum absolute atomic E-state index is 9.25. The Balaban J connectivity index is 2.21. The standard InChI is InChI=1S/C13H11BrN2OS/c1-17-10-4-2-3-9(7-10)16-12(8-15)13-11(14)5-6-18-13/h2-7,12,16H,1H3. The van der Waals surface area contributed by atoms with E-state index in [-0.39, 0.29) is 6.04 Å². The highest BCUT2D eigenvalue weighted by atomic mass is 79.9. The van der Waals surface area contributed by atoms with Crippen LogP contribution in [0.25, 0.3) is 0 Å². The van der Waals surface area contributed by atoms with Crippen LogP contribution < -0.4 is 10.1 Å². The SMILES string of the molecule is COc1cccc(NC(C#N)c2sccc2Br)c1. The Kier molecular flexibility index (Phi) is 4.24. The molecule has 0 radical (unpaired) electrons. The molecule has 0 bridgehead atoms. The molecule has 5 heteroatoms. The van der Waals surface area contributed by atoms with Gasteiger partial charge in [-0.05, 0) is 39.5 Å². The topological polar surface area (TPSA) is 45.0 Å². The van der Waals surface area contributed by atoms with Crippen LogP contribution in [-0.4, -0.2) is 7.11 Å². The minimum Gasteiger partial charge on any atom is -0.497 e. The van der Waals surface area contributed by atoms with Crippen LogP contribution in [0.3, 0.4) is 0 Å². The molecule has 1 atom stereocenters. The molecule has 0 aliphatic rings. The molecule has 92 valence electrons. The lowest BCUT2D eigenvalue weighted by atomic mass is 10.2. The average molecular weight is 323 g/mol. The number of hydrogen-bond donors (Lipinski definition) is 1. The third-order valence-corrected chi connectivity index (χ3v) is 4.35. The van der Waals surface area contributed by atoms with Crippen LogP contribution in [0.1, 0.15) is 10.9 Å². The predicted octanol–water partition coefficient (Wildman–Crippen LogP) is 4.20. The molecule has 0 spiro atoms.